The van der Waals surface area contributed by atoms with Crippen LogP contribution < -0.4 is 4.74 Å². The highest BCUT2D eigenvalue weighted by molar-refractivity contribution is 5.85. The molecule has 1 aromatic heterocycles. The first-order chi connectivity index (χ1) is 11.3. The van der Waals surface area contributed by atoms with Gasteiger partial charge in [0.1, 0.15) is 18.4 Å². The Hall–Kier alpha value is -2.37. The number of para-hydroxylation sites is 1. The van der Waals surface area contributed by atoms with Crippen molar-refractivity contribution in [3.63, 3.8) is 0 Å². The SMILES string of the molecule is O=C([C@H]1CCOc2ccccc21)N1CCC[C@@H](n2cncn2)C1. The second kappa shape index (κ2) is 6.02. The lowest BCUT2D eigenvalue weighted by molar-refractivity contribution is -0.135. The van der Waals surface area contributed by atoms with Crippen LogP contribution in [0, 0.1) is 0 Å². The molecule has 120 valence electrons. The lowest BCUT2D eigenvalue weighted by Gasteiger charge is -2.36. The van der Waals surface area contributed by atoms with Gasteiger partial charge in [-0.1, -0.05) is 18.2 Å². The molecule has 0 spiro atoms. The van der Waals surface area contributed by atoms with Gasteiger partial charge in [-0.3, -0.25) is 4.79 Å². The first kappa shape index (κ1) is 14.2. The highest BCUT2D eigenvalue weighted by Gasteiger charge is 2.33. The predicted molar refractivity (Wildman–Crippen MR) is 84.2 cm³/mol. The Bertz CT molecular complexity index is 686. The molecule has 3 heterocycles. The van der Waals surface area contributed by atoms with Crippen LogP contribution >= 0.6 is 0 Å². The van der Waals surface area contributed by atoms with Crippen LogP contribution in [0.3, 0.4) is 0 Å². The van der Waals surface area contributed by atoms with Crippen LogP contribution in [0.15, 0.2) is 36.9 Å². The number of ether oxygens (including phenoxy) is 1. The quantitative estimate of drug-likeness (QED) is 0.851. The van der Waals surface area contributed by atoms with Crippen LogP contribution in [0.2, 0.25) is 0 Å². The van der Waals surface area contributed by atoms with Gasteiger partial charge >= 0.3 is 0 Å². The van der Waals surface area contributed by atoms with E-state index in [2.05, 4.69) is 10.1 Å². The van der Waals surface area contributed by atoms with Crippen molar-refractivity contribution < 1.29 is 9.53 Å². The van der Waals surface area contributed by atoms with E-state index < -0.39 is 0 Å². The van der Waals surface area contributed by atoms with E-state index in [1.807, 2.05) is 33.8 Å². The Morgan fingerprint density at radius 1 is 1.26 bits per heavy atom. The number of fused-ring (bicyclic) bond motifs is 1. The van der Waals surface area contributed by atoms with E-state index in [0.717, 1.165) is 37.1 Å². The van der Waals surface area contributed by atoms with Gasteiger partial charge in [-0.25, -0.2) is 9.67 Å². The van der Waals surface area contributed by atoms with Crippen LogP contribution in [0.5, 0.6) is 5.75 Å². The number of benzene rings is 1. The van der Waals surface area contributed by atoms with Crippen molar-refractivity contribution in [2.75, 3.05) is 19.7 Å². The van der Waals surface area contributed by atoms with Gasteiger partial charge in [0.25, 0.3) is 0 Å². The number of amides is 1. The van der Waals surface area contributed by atoms with Gasteiger partial charge in [-0.2, -0.15) is 5.10 Å². The minimum absolute atomic E-state index is 0.0885. The van der Waals surface area contributed by atoms with Crippen molar-refractivity contribution in [2.45, 2.75) is 31.2 Å². The van der Waals surface area contributed by atoms with Gasteiger partial charge < -0.3 is 9.64 Å². The molecule has 2 aromatic rings. The Kier molecular flexibility index (Phi) is 3.73. The van der Waals surface area contributed by atoms with Crippen molar-refractivity contribution in [3.05, 3.63) is 42.5 Å². The molecule has 6 nitrogen and oxygen atoms in total. The third kappa shape index (κ3) is 2.69. The van der Waals surface area contributed by atoms with E-state index in [1.54, 1.807) is 12.7 Å². The number of carbonyl (C=O) groups excluding carboxylic acids is 1. The minimum atomic E-state index is -0.0885. The summed E-state index contributed by atoms with van der Waals surface area (Å²) in [6.45, 7) is 2.14. The van der Waals surface area contributed by atoms with E-state index in [-0.39, 0.29) is 17.9 Å². The smallest absolute Gasteiger partial charge is 0.230 e. The lowest BCUT2D eigenvalue weighted by atomic mass is 9.91. The molecule has 0 unspecified atom stereocenters. The van der Waals surface area contributed by atoms with Gasteiger partial charge in [0, 0.05) is 18.7 Å². The van der Waals surface area contributed by atoms with Gasteiger partial charge in [-0.05, 0) is 25.3 Å². The summed E-state index contributed by atoms with van der Waals surface area (Å²) >= 11 is 0. The molecular formula is C17H20N4O2. The van der Waals surface area contributed by atoms with Crippen molar-refractivity contribution in [1.29, 1.82) is 0 Å². The number of likely N-dealkylation sites (tertiary alicyclic amines) is 1. The first-order valence-electron chi connectivity index (χ1n) is 8.17. The third-order valence-corrected chi connectivity index (χ3v) is 4.78. The van der Waals surface area contributed by atoms with Gasteiger partial charge in [0.05, 0.1) is 18.6 Å². The number of piperidine rings is 1. The maximum Gasteiger partial charge on any atom is 0.230 e. The van der Waals surface area contributed by atoms with Crippen molar-refractivity contribution >= 4 is 5.91 Å². The fourth-order valence-corrected chi connectivity index (χ4v) is 3.60. The number of hydrogen-bond acceptors (Lipinski definition) is 4. The highest BCUT2D eigenvalue weighted by atomic mass is 16.5. The Balaban J connectivity index is 1.53. The fraction of sp³-hybridized carbons (Fsp3) is 0.471. The zero-order chi connectivity index (χ0) is 15.6. The summed E-state index contributed by atoms with van der Waals surface area (Å²) in [5.74, 6) is 0.974. The standard InChI is InChI=1S/C17H20N4O2/c22-17(15-7-9-23-16-6-2-1-5-14(15)16)20-8-3-4-13(10-20)21-12-18-11-19-21/h1-2,5-6,11-13,15H,3-4,7-10H2/t13-,15+/m1/s1. The van der Waals surface area contributed by atoms with E-state index in [4.69, 9.17) is 4.74 Å². The van der Waals surface area contributed by atoms with Crippen LogP contribution in [0.4, 0.5) is 0 Å². The van der Waals surface area contributed by atoms with Crippen LogP contribution in [-0.4, -0.2) is 45.3 Å². The molecule has 1 amide bonds. The number of rotatable bonds is 2. The van der Waals surface area contributed by atoms with Crippen LogP contribution in [0.1, 0.15) is 36.8 Å². The van der Waals surface area contributed by atoms with Crippen molar-refractivity contribution in [1.82, 2.24) is 19.7 Å². The van der Waals surface area contributed by atoms with Gasteiger partial charge in [0.15, 0.2) is 0 Å². The van der Waals surface area contributed by atoms with E-state index in [9.17, 15) is 4.79 Å². The molecule has 0 radical (unpaired) electrons. The largest absolute Gasteiger partial charge is 0.493 e. The van der Waals surface area contributed by atoms with E-state index >= 15 is 0 Å². The molecule has 0 saturated carbocycles. The summed E-state index contributed by atoms with van der Waals surface area (Å²) < 4.78 is 7.55. The Morgan fingerprint density at radius 2 is 2.17 bits per heavy atom. The first-order valence-corrected chi connectivity index (χ1v) is 8.17. The topological polar surface area (TPSA) is 60.2 Å². The molecule has 6 heteroatoms. The molecular weight excluding hydrogens is 292 g/mol. The molecule has 2 aliphatic rings. The zero-order valence-electron chi connectivity index (χ0n) is 13.0. The van der Waals surface area contributed by atoms with E-state index in [0.29, 0.717) is 13.2 Å². The third-order valence-electron chi connectivity index (χ3n) is 4.78. The molecule has 1 aromatic carbocycles. The lowest BCUT2D eigenvalue weighted by Crippen LogP contribution is -2.43. The van der Waals surface area contributed by atoms with Crippen molar-refractivity contribution in [3.8, 4) is 5.75 Å². The monoisotopic (exact) mass is 312 g/mol. The maximum absolute atomic E-state index is 13.1. The second-order valence-electron chi connectivity index (χ2n) is 6.18. The predicted octanol–water partition coefficient (Wildman–Crippen LogP) is 2.01. The normalized spacial score (nSPS) is 23.9. The summed E-state index contributed by atoms with van der Waals surface area (Å²) in [6, 6.07) is 8.11. The average molecular weight is 312 g/mol. The molecule has 1 fully saturated rings. The fourth-order valence-electron chi connectivity index (χ4n) is 3.60. The Labute approximate surface area is 135 Å². The number of carbonyl (C=O) groups is 1. The summed E-state index contributed by atoms with van der Waals surface area (Å²) in [5, 5.41) is 4.23. The highest BCUT2D eigenvalue weighted by Crippen LogP contribution is 2.35. The number of nitrogens with zero attached hydrogens (tertiary/aromatic N) is 4. The van der Waals surface area contributed by atoms with E-state index in [1.165, 1.54) is 0 Å². The molecule has 0 aliphatic carbocycles. The zero-order valence-corrected chi connectivity index (χ0v) is 13.0. The molecule has 23 heavy (non-hydrogen) atoms. The van der Waals surface area contributed by atoms with Crippen LogP contribution in [0.25, 0.3) is 0 Å². The maximum atomic E-state index is 13.1. The second-order valence-corrected chi connectivity index (χ2v) is 6.18. The molecule has 0 N–H and O–H groups in total. The summed E-state index contributed by atoms with van der Waals surface area (Å²) in [6.07, 6.45) is 6.08. The van der Waals surface area contributed by atoms with Gasteiger partial charge in [0.2, 0.25) is 5.91 Å². The minimum Gasteiger partial charge on any atom is -0.493 e. The van der Waals surface area contributed by atoms with Crippen LogP contribution in [-0.2, 0) is 4.79 Å². The van der Waals surface area contributed by atoms with Crippen molar-refractivity contribution in [2.24, 2.45) is 0 Å². The molecule has 0 bridgehead atoms. The molecule has 2 aliphatic heterocycles. The number of aromatic nitrogens is 3. The summed E-state index contributed by atoms with van der Waals surface area (Å²) in [7, 11) is 0. The molecule has 1 saturated heterocycles. The summed E-state index contributed by atoms with van der Waals surface area (Å²) in [4.78, 5) is 19.1. The van der Waals surface area contributed by atoms with Gasteiger partial charge in [-0.15, -0.1) is 0 Å². The molecule has 2 atom stereocenters. The molecule has 4 rings (SSSR count). The Morgan fingerprint density at radius 3 is 3.04 bits per heavy atom. The number of hydrogen-bond donors (Lipinski definition) is 0. The average Bonchev–Trinajstić information content (AvgIpc) is 3.15. The summed E-state index contributed by atoms with van der Waals surface area (Å²) in [5.41, 5.74) is 1.02.